The molecule has 2 N–H and O–H groups in total. The maximum Gasteiger partial charge on any atom is 0.127 e. The van der Waals surface area contributed by atoms with E-state index in [4.69, 9.17) is 5.41 Å². The average molecular weight is 228 g/mol. The lowest BCUT2D eigenvalue weighted by Crippen LogP contribution is -2.34. The van der Waals surface area contributed by atoms with Gasteiger partial charge in [-0.15, -0.1) is 0 Å². The van der Waals surface area contributed by atoms with Crippen LogP contribution in [0.2, 0.25) is 0 Å². The van der Waals surface area contributed by atoms with E-state index in [1.165, 1.54) is 6.21 Å². The number of aliphatic hydroxyl groups excluding tert-OH is 1. The van der Waals surface area contributed by atoms with E-state index in [0.29, 0.717) is 18.6 Å². The van der Waals surface area contributed by atoms with Gasteiger partial charge in [-0.25, -0.2) is 4.39 Å². The van der Waals surface area contributed by atoms with Gasteiger partial charge < -0.3 is 10.5 Å². The molecule has 0 bridgehead atoms. The fourth-order valence-electron chi connectivity index (χ4n) is 2.03. The summed E-state index contributed by atoms with van der Waals surface area (Å²) < 4.78 is 13.3. The Morgan fingerprint density at radius 1 is 1.56 bits per heavy atom. The molecule has 0 heterocycles. The van der Waals surface area contributed by atoms with Crippen LogP contribution in [-0.2, 0) is 0 Å². The molecule has 0 aliphatic heterocycles. The first-order chi connectivity index (χ1) is 7.69. The predicted molar refractivity (Wildman–Crippen MR) is 64.2 cm³/mol. The molecule has 1 aliphatic rings. The highest BCUT2D eigenvalue weighted by Gasteiger charge is 2.30. The minimum absolute atomic E-state index is 0.0211. The van der Waals surface area contributed by atoms with Crippen LogP contribution in [0.25, 0.3) is 0 Å². The number of alkyl halides is 1. The third-order valence-electron chi connectivity index (χ3n) is 3.11. The van der Waals surface area contributed by atoms with Gasteiger partial charge in [-0.3, -0.25) is 4.99 Å². The van der Waals surface area contributed by atoms with Crippen molar-refractivity contribution in [2.75, 3.05) is 6.54 Å². The van der Waals surface area contributed by atoms with Crippen LogP contribution in [0, 0.1) is 11.3 Å². The largest absolute Gasteiger partial charge is 0.390 e. The van der Waals surface area contributed by atoms with Crippen LogP contribution >= 0.6 is 0 Å². The van der Waals surface area contributed by atoms with Crippen LogP contribution in [0.5, 0.6) is 0 Å². The summed E-state index contributed by atoms with van der Waals surface area (Å²) in [7, 11) is 0. The second-order valence-corrected chi connectivity index (χ2v) is 4.40. The fraction of sp³-hybridized carbons (Fsp3) is 0.833. The molecule has 3 nitrogen and oxygen atoms in total. The first-order valence-electron chi connectivity index (χ1n) is 6.06. The van der Waals surface area contributed by atoms with Gasteiger partial charge in [0.2, 0.25) is 0 Å². The summed E-state index contributed by atoms with van der Waals surface area (Å²) in [5.41, 5.74) is 0.697. The van der Waals surface area contributed by atoms with Crippen molar-refractivity contribution in [2.24, 2.45) is 10.9 Å². The average Bonchev–Trinajstić information content (AvgIpc) is 2.29. The predicted octanol–water partition coefficient (Wildman–Crippen LogP) is 2.38. The zero-order valence-corrected chi connectivity index (χ0v) is 9.82. The molecule has 1 fully saturated rings. The normalized spacial score (nSPS) is 31.4. The maximum atomic E-state index is 13.3. The number of hydrogen-bond acceptors (Lipinski definition) is 3. The Morgan fingerprint density at radius 3 is 2.88 bits per heavy atom. The van der Waals surface area contributed by atoms with Crippen LogP contribution in [0.15, 0.2) is 4.99 Å². The fourth-order valence-corrected chi connectivity index (χ4v) is 2.03. The van der Waals surface area contributed by atoms with Gasteiger partial charge in [-0.1, -0.05) is 13.3 Å². The Kier molecular flexibility index (Phi) is 5.60. The quantitative estimate of drug-likeness (QED) is 0.551. The molecule has 0 saturated heterocycles. The van der Waals surface area contributed by atoms with Crippen molar-refractivity contribution in [3.05, 3.63) is 0 Å². The molecule has 0 unspecified atom stereocenters. The topological polar surface area (TPSA) is 56.4 Å². The first kappa shape index (κ1) is 13.3. The van der Waals surface area contributed by atoms with Crippen molar-refractivity contribution in [3.63, 3.8) is 0 Å². The van der Waals surface area contributed by atoms with Crippen molar-refractivity contribution < 1.29 is 9.50 Å². The van der Waals surface area contributed by atoms with Crippen molar-refractivity contribution in [3.8, 4) is 0 Å². The van der Waals surface area contributed by atoms with Crippen molar-refractivity contribution in [2.45, 2.75) is 51.3 Å². The van der Waals surface area contributed by atoms with E-state index in [-0.39, 0.29) is 5.92 Å². The zero-order chi connectivity index (χ0) is 12.0. The second-order valence-electron chi connectivity index (χ2n) is 4.40. The van der Waals surface area contributed by atoms with Crippen LogP contribution in [0.4, 0.5) is 4.39 Å². The van der Waals surface area contributed by atoms with E-state index in [1.54, 1.807) is 0 Å². The summed E-state index contributed by atoms with van der Waals surface area (Å²) >= 11 is 0. The highest BCUT2D eigenvalue weighted by molar-refractivity contribution is 6.30. The lowest BCUT2D eigenvalue weighted by atomic mass is 9.83. The molecule has 1 saturated carbocycles. The summed E-state index contributed by atoms with van der Waals surface area (Å²) in [6.45, 7) is 2.81. The van der Waals surface area contributed by atoms with Gasteiger partial charge in [0.25, 0.3) is 0 Å². The van der Waals surface area contributed by atoms with Gasteiger partial charge in [0.1, 0.15) is 6.17 Å². The van der Waals surface area contributed by atoms with Crippen LogP contribution in [0.1, 0.15) is 39.0 Å². The molecule has 0 aromatic carbocycles. The Labute approximate surface area is 96.3 Å². The van der Waals surface area contributed by atoms with Gasteiger partial charge >= 0.3 is 0 Å². The molecule has 1 aliphatic carbocycles. The van der Waals surface area contributed by atoms with E-state index < -0.39 is 12.3 Å². The van der Waals surface area contributed by atoms with E-state index in [9.17, 15) is 9.50 Å². The van der Waals surface area contributed by atoms with E-state index in [0.717, 1.165) is 25.8 Å². The molecule has 4 heteroatoms. The monoisotopic (exact) mass is 228 g/mol. The molecule has 0 radical (unpaired) electrons. The molecule has 0 aromatic rings. The van der Waals surface area contributed by atoms with Crippen molar-refractivity contribution in [1.29, 1.82) is 5.41 Å². The summed E-state index contributed by atoms with van der Waals surface area (Å²) in [4.78, 5) is 4.34. The lowest BCUT2D eigenvalue weighted by molar-refractivity contribution is 0.0354. The molecule has 0 amide bonds. The third-order valence-corrected chi connectivity index (χ3v) is 3.11. The summed E-state index contributed by atoms with van der Waals surface area (Å²) in [5, 5.41) is 16.6. The molecule has 3 atom stereocenters. The molecule has 1 rings (SSSR count). The molecule has 0 aromatic heterocycles. The summed E-state index contributed by atoms with van der Waals surface area (Å²) in [5.74, 6) is 0.0211. The maximum absolute atomic E-state index is 13.3. The third kappa shape index (κ3) is 3.67. The number of halogens is 1. The van der Waals surface area contributed by atoms with Crippen LogP contribution < -0.4 is 0 Å². The number of aliphatic hydroxyl groups is 1. The number of unbranched alkanes of at least 4 members (excludes halogenated alkanes) is 1. The Bertz CT molecular complexity index is 255. The smallest absolute Gasteiger partial charge is 0.127 e. The number of nitrogens with one attached hydrogen (secondary N) is 1. The molecule has 16 heavy (non-hydrogen) atoms. The summed E-state index contributed by atoms with van der Waals surface area (Å²) in [6.07, 6.45) is 2.87. The zero-order valence-electron chi connectivity index (χ0n) is 9.82. The van der Waals surface area contributed by atoms with Crippen molar-refractivity contribution in [1.82, 2.24) is 0 Å². The van der Waals surface area contributed by atoms with E-state index in [1.807, 2.05) is 0 Å². The standard InChI is InChI=1S/C12H21FN2O/c1-2-3-6-15-11(8-14)9-4-5-12(16)10(13)7-9/h8-10,12,14,16H,2-7H2,1H3/b14-8?,15-11+/t9-,10-,12-/m0/s1. The molecule has 92 valence electrons. The van der Waals surface area contributed by atoms with Gasteiger partial charge in [-0.05, 0) is 25.7 Å². The molecule has 0 spiro atoms. The SMILES string of the molecule is CCCC/N=C(\C=N)[C@H]1CC[C@H](O)[C@@H](F)C1. The lowest BCUT2D eigenvalue weighted by Gasteiger charge is -2.28. The second kappa shape index (κ2) is 6.74. The van der Waals surface area contributed by atoms with Gasteiger partial charge in [0.15, 0.2) is 0 Å². The highest BCUT2D eigenvalue weighted by Crippen LogP contribution is 2.27. The van der Waals surface area contributed by atoms with Gasteiger partial charge in [-0.2, -0.15) is 0 Å². The Morgan fingerprint density at radius 2 is 2.31 bits per heavy atom. The van der Waals surface area contributed by atoms with E-state index in [2.05, 4.69) is 11.9 Å². The number of rotatable bonds is 5. The Hall–Kier alpha value is -0.770. The molecular formula is C12H21FN2O. The Balaban J connectivity index is 2.53. The highest BCUT2D eigenvalue weighted by atomic mass is 19.1. The minimum atomic E-state index is -1.16. The minimum Gasteiger partial charge on any atom is -0.390 e. The van der Waals surface area contributed by atoms with Gasteiger partial charge in [0, 0.05) is 18.7 Å². The van der Waals surface area contributed by atoms with Crippen LogP contribution in [-0.4, -0.2) is 35.9 Å². The first-order valence-corrected chi connectivity index (χ1v) is 6.06. The van der Waals surface area contributed by atoms with Gasteiger partial charge in [0.05, 0.1) is 11.8 Å². The number of aliphatic imine (C=N–C) groups is 1. The summed E-state index contributed by atoms with van der Waals surface area (Å²) in [6, 6.07) is 0. The number of nitrogens with zero attached hydrogens (tertiary/aromatic N) is 1. The van der Waals surface area contributed by atoms with Crippen LogP contribution in [0.3, 0.4) is 0 Å². The number of hydrogen-bond donors (Lipinski definition) is 2. The van der Waals surface area contributed by atoms with E-state index >= 15 is 0 Å². The molecular weight excluding hydrogens is 207 g/mol. The van der Waals surface area contributed by atoms with Crippen molar-refractivity contribution >= 4 is 11.9 Å².